The SMILES string of the molecule is CC(C)C(Oc1nc2ccccc2nc1NS(=O)(=O)c1ccccc1Cl)C(O)N1CCOCC1. The number of rotatable bonds is 8. The van der Waals surface area contributed by atoms with Crippen LogP contribution < -0.4 is 9.46 Å². The molecule has 1 aliphatic rings. The summed E-state index contributed by atoms with van der Waals surface area (Å²) in [6.45, 7) is 5.97. The summed E-state index contributed by atoms with van der Waals surface area (Å²) in [6, 6.07) is 13.2. The van der Waals surface area contributed by atoms with Crippen molar-refractivity contribution in [2.45, 2.75) is 31.1 Å². The topological polar surface area (TPSA) is 114 Å². The molecule has 0 spiro atoms. The lowest BCUT2D eigenvalue weighted by Gasteiger charge is -2.37. The van der Waals surface area contributed by atoms with Crippen LogP contribution in [0.15, 0.2) is 53.4 Å². The fourth-order valence-corrected chi connectivity index (χ4v) is 5.22. The summed E-state index contributed by atoms with van der Waals surface area (Å²) in [5.74, 6) is -0.224. The number of fused-ring (bicyclic) bond motifs is 1. The largest absolute Gasteiger partial charge is 0.467 e. The molecule has 1 fully saturated rings. The van der Waals surface area contributed by atoms with Gasteiger partial charge in [0.2, 0.25) is 5.82 Å². The number of aromatic nitrogens is 2. The van der Waals surface area contributed by atoms with Crippen LogP contribution in [0.1, 0.15) is 13.8 Å². The van der Waals surface area contributed by atoms with Crippen molar-refractivity contribution in [2.75, 3.05) is 31.0 Å². The van der Waals surface area contributed by atoms with Crippen molar-refractivity contribution < 1.29 is 23.0 Å². The Balaban J connectivity index is 1.72. The molecule has 9 nitrogen and oxygen atoms in total. The molecule has 0 aliphatic carbocycles. The Hall–Kier alpha value is -2.50. The van der Waals surface area contributed by atoms with E-state index in [1.54, 1.807) is 36.4 Å². The minimum absolute atomic E-state index is 0.0275. The van der Waals surface area contributed by atoms with Crippen LogP contribution in [-0.4, -0.2) is 67.0 Å². The van der Waals surface area contributed by atoms with Crippen LogP contribution in [0.5, 0.6) is 5.88 Å². The predicted molar refractivity (Wildman–Crippen MR) is 129 cm³/mol. The smallest absolute Gasteiger partial charge is 0.264 e. The van der Waals surface area contributed by atoms with Crippen LogP contribution in [0.25, 0.3) is 11.0 Å². The van der Waals surface area contributed by atoms with E-state index in [4.69, 9.17) is 21.1 Å². The van der Waals surface area contributed by atoms with Gasteiger partial charge < -0.3 is 14.6 Å². The molecule has 1 aromatic heterocycles. The number of ether oxygens (including phenoxy) is 2. The zero-order valence-corrected chi connectivity index (χ0v) is 20.5. The molecular weight excluding hydrogens is 480 g/mol. The first kappa shape index (κ1) is 24.6. The van der Waals surface area contributed by atoms with Gasteiger partial charge in [-0.05, 0) is 30.2 Å². The molecule has 2 aromatic carbocycles. The maximum absolute atomic E-state index is 13.1. The molecule has 4 rings (SSSR count). The normalized spacial score (nSPS) is 17.0. The zero-order chi connectivity index (χ0) is 24.3. The molecule has 182 valence electrons. The lowest BCUT2D eigenvalue weighted by molar-refractivity contribution is -0.117. The van der Waals surface area contributed by atoms with E-state index in [9.17, 15) is 13.5 Å². The quantitative estimate of drug-likeness (QED) is 0.479. The molecule has 0 bridgehead atoms. The first-order valence-electron chi connectivity index (χ1n) is 11.0. The highest BCUT2D eigenvalue weighted by atomic mass is 35.5. The van der Waals surface area contributed by atoms with Crippen molar-refractivity contribution in [3.8, 4) is 5.88 Å². The first-order chi connectivity index (χ1) is 16.3. The third kappa shape index (κ3) is 5.42. The van der Waals surface area contributed by atoms with Gasteiger partial charge in [0, 0.05) is 13.1 Å². The second-order valence-electron chi connectivity index (χ2n) is 8.29. The summed E-state index contributed by atoms with van der Waals surface area (Å²) in [5.41, 5.74) is 1.02. The van der Waals surface area contributed by atoms with Gasteiger partial charge in [-0.15, -0.1) is 0 Å². The number of hydrogen-bond donors (Lipinski definition) is 2. The van der Waals surface area contributed by atoms with Gasteiger partial charge in [0.1, 0.15) is 17.2 Å². The molecule has 1 aliphatic heterocycles. The third-order valence-corrected chi connectivity index (χ3v) is 7.35. The van der Waals surface area contributed by atoms with Crippen molar-refractivity contribution in [3.05, 3.63) is 53.6 Å². The molecule has 0 radical (unpaired) electrons. The molecule has 2 N–H and O–H groups in total. The number of halogens is 1. The van der Waals surface area contributed by atoms with Crippen molar-refractivity contribution in [3.63, 3.8) is 0 Å². The van der Waals surface area contributed by atoms with Crippen LogP contribution in [-0.2, 0) is 14.8 Å². The minimum Gasteiger partial charge on any atom is -0.467 e. The minimum atomic E-state index is -4.09. The van der Waals surface area contributed by atoms with Crippen LogP contribution in [0, 0.1) is 5.92 Å². The van der Waals surface area contributed by atoms with Gasteiger partial charge in [0.15, 0.2) is 0 Å². The Morgan fingerprint density at radius 1 is 1.06 bits per heavy atom. The summed E-state index contributed by atoms with van der Waals surface area (Å²) in [7, 11) is -4.09. The van der Waals surface area contributed by atoms with Gasteiger partial charge in [-0.25, -0.2) is 18.4 Å². The second kappa shape index (κ2) is 10.4. The number of para-hydroxylation sites is 2. The fraction of sp³-hybridized carbons (Fsp3) is 0.391. The number of sulfonamides is 1. The molecule has 2 atom stereocenters. The van der Waals surface area contributed by atoms with Gasteiger partial charge in [0.25, 0.3) is 15.9 Å². The Bertz CT molecular complexity index is 1250. The Morgan fingerprint density at radius 2 is 1.68 bits per heavy atom. The molecule has 2 unspecified atom stereocenters. The number of anilines is 1. The lowest BCUT2D eigenvalue weighted by atomic mass is 10.0. The Morgan fingerprint density at radius 3 is 2.32 bits per heavy atom. The van der Waals surface area contributed by atoms with Crippen LogP contribution in [0.2, 0.25) is 5.02 Å². The van der Waals surface area contributed by atoms with E-state index in [2.05, 4.69) is 14.7 Å². The maximum atomic E-state index is 13.1. The number of benzene rings is 2. The number of aliphatic hydroxyl groups excluding tert-OH is 1. The van der Waals surface area contributed by atoms with Crippen LogP contribution in [0.4, 0.5) is 5.82 Å². The van der Waals surface area contributed by atoms with Crippen molar-refractivity contribution in [2.24, 2.45) is 5.92 Å². The van der Waals surface area contributed by atoms with E-state index in [-0.39, 0.29) is 27.5 Å². The molecule has 11 heteroatoms. The molecule has 0 saturated carbocycles. The molecule has 0 amide bonds. The summed E-state index contributed by atoms with van der Waals surface area (Å²) >= 11 is 6.13. The summed E-state index contributed by atoms with van der Waals surface area (Å²) in [5, 5.41) is 11.1. The van der Waals surface area contributed by atoms with E-state index in [1.807, 2.05) is 18.7 Å². The van der Waals surface area contributed by atoms with Gasteiger partial charge in [-0.2, -0.15) is 0 Å². The Labute approximate surface area is 203 Å². The highest BCUT2D eigenvalue weighted by molar-refractivity contribution is 7.92. The average Bonchev–Trinajstić information content (AvgIpc) is 2.82. The van der Waals surface area contributed by atoms with Gasteiger partial charge in [-0.1, -0.05) is 49.7 Å². The monoisotopic (exact) mass is 506 g/mol. The number of nitrogens with one attached hydrogen (secondary N) is 1. The van der Waals surface area contributed by atoms with Gasteiger partial charge >= 0.3 is 0 Å². The molecule has 2 heterocycles. The summed E-state index contributed by atoms with van der Waals surface area (Å²) in [4.78, 5) is 10.8. The van der Waals surface area contributed by atoms with Gasteiger partial charge in [-0.3, -0.25) is 9.62 Å². The fourth-order valence-electron chi connectivity index (χ4n) is 3.70. The predicted octanol–water partition coefficient (Wildman–Crippen LogP) is 3.14. The van der Waals surface area contributed by atoms with Crippen molar-refractivity contribution >= 4 is 38.5 Å². The van der Waals surface area contributed by atoms with Crippen molar-refractivity contribution in [1.82, 2.24) is 14.9 Å². The second-order valence-corrected chi connectivity index (χ2v) is 10.3. The summed E-state index contributed by atoms with van der Waals surface area (Å²) in [6.07, 6.45) is -1.64. The maximum Gasteiger partial charge on any atom is 0.264 e. The lowest BCUT2D eigenvalue weighted by Crippen LogP contribution is -2.52. The van der Waals surface area contributed by atoms with E-state index < -0.39 is 22.4 Å². The van der Waals surface area contributed by atoms with E-state index in [0.29, 0.717) is 37.3 Å². The van der Waals surface area contributed by atoms with E-state index in [1.165, 1.54) is 12.1 Å². The van der Waals surface area contributed by atoms with Gasteiger partial charge in [0.05, 0.1) is 29.3 Å². The molecule has 34 heavy (non-hydrogen) atoms. The average molecular weight is 507 g/mol. The zero-order valence-electron chi connectivity index (χ0n) is 18.9. The number of morpholine rings is 1. The van der Waals surface area contributed by atoms with Crippen molar-refractivity contribution in [1.29, 1.82) is 0 Å². The van der Waals surface area contributed by atoms with Crippen LogP contribution >= 0.6 is 11.6 Å². The standard InChI is InChI=1S/C23H27ClN4O5S/c1-15(2)20(23(29)28-11-13-32-14-12-28)33-22-21(25-17-8-4-5-9-18(17)26-22)27-34(30,31)19-10-6-3-7-16(19)24/h3-10,15,20,23,29H,11-14H2,1-2H3,(H,25,27). The number of hydrogen-bond acceptors (Lipinski definition) is 8. The molecule has 1 saturated heterocycles. The Kier molecular flexibility index (Phi) is 7.54. The first-order valence-corrected chi connectivity index (χ1v) is 12.8. The highest BCUT2D eigenvalue weighted by Crippen LogP contribution is 2.30. The molecule has 3 aromatic rings. The van der Waals surface area contributed by atoms with E-state index in [0.717, 1.165) is 0 Å². The summed E-state index contributed by atoms with van der Waals surface area (Å²) < 4.78 is 40.3. The highest BCUT2D eigenvalue weighted by Gasteiger charge is 2.33. The number of nitrogens with zero attached hydrogens (tertiary/aromatic N) is 3. The van der Waals surface area contributed by atoms with E-state index >= 15 is 0 Å². The number of aliphatic hydroxyl groups is 1. The third-order valence-electron chi connectivity index (χ3n) is 5.51. The van der Waals surface area contributed by atoms with Crippen LogP contribution in [0.3, 0.4) is 0 Å². The molecular formula is C23H27ClN4O5S.